The number of carbonyl (C=O) groups is 1. The summed E-state index contributed by atoms with van der Waals surface area (Å²) in [5.74, 6) is 0.588. The van der Waals surface area contributed by atoms with Crippen molar-refractivity contribution in [3.63, 3.8) is 0 Å². The molecule has 4 heteroatoms. The Hall–Kier alpha value is -1.29. The second-order valence-electron chi connectivity index (χ2n) is 7.08. The molecule has 1 aromatic carbocycles. The molecular weight excluding hydrogens is 282 g/mol. The molecule has 2 bridgehead atoms. The van der Waals surface area contributed by atoms with Crippen LogP contribution < -0.4 is 0 Å². The Bertz CT molecular complexity index is 702. The Labute approximate surface area is 128 Å². The van der Waals surface area contributed by atoms with Crippen molar-refractivity contribution in [1.29, 1.82) is 0 Å². The summed E-state index contributed by atoms with van der Waals surface area (Å²) in [7, 11) is 0. The van der Waals surface area contributed by atoms with Gasteiger partial charge in [0.05, 0.1) is 5.25 Å². The van der Waals surface area contributed by atoms with Crippen molar-refractivity contribution < 1.29 is 9.21 Å². The van der Waals surface area contributed by atoms with E-state index in [9.17, 15) is 4.79 Å². The molecule has 0 spiro atoms. The summed E-state index contributed by atoms with van der Waals surface area (Å²) < 4.78 is 5.80. The molecule has 1 aromatic heterocycles. The third-order valence-corrected chi connectivity index (χ3v) is 7.33. The van der Waals surface area contributed by atoms with E-state index < -0.39 is 0 Å². The molecule has 2 aliphatic carbocycles. The van der Waals surface area contributed by atoms with E-state index >= 15 is 0 Å². The van der Waals surface area contributed by atoms with E-state index in [2.05, 4.69) is 25.8 Å². The van der Waals surface area contributed by atoms with E-state index in [1.165, 1.54) is 11.8 Å². The van der Waals surface area contributed by atoms with Crippen LogP contribution in [0.4, 0.5) is 0 Å². The summed E-state index contributed by atoms with van der Waals surface area (Å²) in [4.78, 5) is 17.2. The standard InChI is InChI=1S/C17H19NO2S/c1-16(2)10-8-9-17(16,3)14(13(10)19)21-15-18-11-6-4-5-7-12(11)20-15/h4-7,10,14H,8-9H2,1-3H3/t10-,14-,17+/m1/s1. The molecule has 4 rings (SSSR count). The van der Waals surface area contributed by atoms with Gasteiger partial charge >= 0.3 is 0 Å². The summed E-state index contributed by atoms with van der Waals surface area (Å²) in [5, 5.41) is 0.596. The van der Waals surface area contributed by atoms with Gasteiger partial charge in [0.25, 0.3) is 5.22 Å². The Balaban J connectivity index is 1.70. The minimum atomic E-state index is -0.0284. The quantitative estimate of drug-likeness (QED) is 0.829. The smallest absolute Gasteiger partial charge is 0.257 e. The Kier molecular flexibility index (Phi) is 2.63. The van der Waals surface area contributed by atoms with Crippen molar-refractivity contribution in [2.75, 3.05) is 0 Å². The number of hydrogen-bond acceptors (Lipinski definition) is 4. The second kappa shape index (κ2) is 4.13. The van der Waals surface area contributed by atoms with Crippen LogP contribution in [0, 0.1) is 16.7 Å². The van der Waals surface area contributed by atoms with Crippen LogP contribution in [-0.4, -0.2) is 16.0 Å². The maximum Gasteiger partial charge on any atom is 0.257 e. The summed E-state index contributed by atoms with van der Waals surface area (Å²) in [6.07, 6.45) is 2.15. The van der Waals surface area contributed by atoms with Gasteiger partial charge < -0.3 is 4.42 Å². The SMILES string of the molecule is CC1(C)[C@@H]2CC[C@@]1(C)[C@H](Sc1nc3ccccc3o1)C2=O. The van der Waals surface area contributed by atoms with Crippen LogP contribution in [0.1, 0.15) is 33.6 Å². The van der Waals surface area contributed by atoms with Crippen molar-refractivity contribution in [1.82, 2.24) is 4.98 Å². The third kappa shape index (κ3) is 1.62. The van der Waals surface area contributed by atoms with Gasteiger partial charge in [-0.25, -0.2) is 4.98 Å². The fraction of sp³-hybridized carbons (Fsp3) is 0.529. The number of rotatable bonds is 2. The van der Waals surface area contributed by atoms with Gasteiger partial charge in [-0.1, -0.05) is 44.7 Å². The fourth-order valence-electron chi connectivity index (χ4n) is 4.18. The van der Waals surface area contributed by atoms with E-state index in [4.69, 9.17) is 4.42 Å². The lowest BCUT2D eigenvalue weighted by molar-refractivity contribution is -0.122. The number of thioether (sulfide) groups is 1. The topological polar surface area (TPSA) is 43.1 Å². The molecule has 2 aromatic rings. The normalized spacial score (nSPS) is 34.0. The van der Waals surface area contributed by atoms with Crippen LogP contribution in [0.15, 0.2) is 33.9 Å². The lowest BCUT2D eigenvalue weighted by atomic mass is 9.71. The number of aromatic nitrogens is 1. The first-order chi connectivity index (χ1) is 9.93. The van der Waals surface area contributed by atoms with Gasteiger partial charge in [-0.05, 0) is 35.8 Å². The number of Topliss-reactive ketones (excluding diaryl/α,β-unsaturated/α-hetero) is 1. The summed E-state index contributed by atoms with van der Waals surface area (Å²) in [5.41, 5.74) is 1.77. The fourth-order valence-corrected chi connectivity index (χ4v) is 5.63. The van der Waals surface area contributed by atoms with Crippen LogP contribution >= 0.6 is 11.8 Å². The van der Waals surface area contributed by atoms with Gasteiger partial charge in [0.2, 0.25) is 0 Å². The average molecular weight is 301 g/mol. The van der Waals surface area contributed by atoms with E-state index in [0.717, 1.165) is 23.9 Å². The summed E-state index contributed by atoms with van der Waals surface area (Å²) in [6, 6.07) is 7.75. The number of hydrogen-bond donors (Lipinski definition) is 0. The Morgan fingerprint density at radius 2 is 2.05 bits per heavy atom. The van der Waals surface area contributed by atoms with Gasteiger partial charge in [0.1, 0.15) is 5.52 Å². The number of carbonyl (C=O) groups excluding carboxylic acids is 1. The van der Waals surface area contributed by atoms with Crippen molar-refractivity contribution in [2.24, 2.45) is 16.7 Å². The Morgan fingerprint density at radius 3 is 2.71 bits per heavy atom. The largest absolute Gasteiger partial charge is 0.431 e. The van der Waals surface area contributed by atoms with Gasteiger partial charge in [-0.15, -0.1) is 0 Å². The maximum absolute atomic E-state index is 12.7. The highest BCUT2D eigenvalue weighted by Gasteiger charge is 2.66. The molecule has 0 amide bonds. The van der Waals surface area contributed by atoms with E-state index in [1.807, 2.05) is 24.3 Å². The van der Waals surface area contributed by atoms with Crippen molar-refractivity contribution in [2.45, 2.75) is 44.1 Å². The van der Waals surface area contributed by atoms with Crippen molar-refractivity contribution >= 4 is 28.6 Å². The van der Waals surface area contributed by atoms with Gasteiger partial charge in [0, 0.05) is 5.92 Å². The first-order valence-electron chi connectivity index (χ1n) is 7.49. The number of oxazole rings is 1. The zero-order valence-corrected chi connectivity index (χ0v) is 13.4. The summed E-state index contributed by atoms with van der Waals surface area (Å²) in [6.45, 7) is 6.75. The number of ketones is 1. The molecule has 2 saturated carbocycles. The van der Waals surface area contributed by atoms with E-state index in [-0.39, 0.29) is 22.0 Å². The molecule has 0 N–H and O–H groups in total. The van der Waals surface area contributed by atoms with Crippen molar-refractivity contribution in [3.05, 3.63) is 24.3 Å². The van der Waals surface area contributed by atoms with E-state index in [0.29, 0.717) is 11.0 Å². The molecule has 21 heavy (non-hydrogen) atoms. The molecule has 2 aliphatic rings. The van der Waals surface area contributed by atoms with Crippen LogP contribution in [0.3, 0.4) is 0 Å². The number of para-hydroxylation sites is 2. The molecule has 3 nitrogen and oxygen atoms in total. The predicted molar refractivity (Wildman–Crippen MR) is 83.3 cm³/mol. The average Bonchev–Trinajstić information content (AvgIpc) is 2.98. The zero-order valence-electron chi connectivity index (χ0n) is 12.6. The predicted octanol–water partition coefficient (Wildman–Crippen LogP) is 4.31. The van der Waals surface area contributed by atoms with Crippen LogP contribution in [-0.2, 0) is 4.79 Å². The first kappa shape index (κ1) is 13.4. The number of nitrogens with zero attached hydrogens (tertiary/aromatic N) is 1. The molecule has 0 radical (unpaired) electrons. The molecule has 0 unspecified atom stereocenters. The molecule has 0 aliphatic heterocycles. The zero-order chi connectivity index (χ0) is 14.8. The third-order valence-electron chi connectivity index (χ3n) is 5.97. The van der Waals surface area contributed by atoms with E-state index in [1.54, 1.807) is 0 Å². The maximum atomic E-state index is 12.7. The molecule has 2 fully saturated rings. The monoisotopic (exact) mass is 301 g/mol. The van der Waals surface area contributed by atoms with Crippen LogP contribution in [0.25, 0.3) is 11.1 Å². The van der Waals surface area contributed by atoms with Crippen LogP contribution in [0.2, 0.25) is 0 Å². The molecule has 3 atom stereocenters. The molecule has 1 heterocycles. The first-order valence-corrected chi connectivity index (χ1v) is 8.37. The lowest BCUT2D eigenvalue weighted by Crippen LogP contribution is -2.35. The highest BCUT2D eigenvalue weighted by Crippen LogP contribution is 2.67. The summed E-state index contributed by atoms with van der Waals surface area (Å²) >= 11 is 1.52. The lowest BCUT2D eigenvalue weighted by Gasteiger charge is -2.37. The van der Waals surface area contributed by atoms with Crippen LogP contribution in [0.5, 0.6) is 0 Å². The highest BCUT2D eigenvalue weighted by molar-refractivity contribution is 8.00. The second-order valence-corrected chi connectivity index (χ2v) is 8.13. The molecule has 110 valence electrons. The number of benzene rings is 1. The van der Waals surface area contributed by atoms with Gasteiger partial charge in [-0.3, -0.25) is 4.79 Å². The highest BCUT2D eigenvalue weighted by atomic mass is 32.2. The molecular formula is C17H19NO2S. The minimum absolute atomic E-state index is 0.0284. The van der Waals surface area contributed by atoms with Crippen molar-refractivity contribution in [3.8, 4) is 0 Å². The number of fused-ring (bicyclic) bond motifs is 3. The van der Waals surface area contributed by atoms with Gasteiger partial charge in [0.15, 0.2) is 11.4 Å². The Morgan fingerprint density at radius 1 is 1.29 bits per heavy atom. The minimum Gasteiger partial charge on any atom is -0.431 e. The molecule has 0 saturated heterocycles. The van der Waals surface area contributed by atoms with Gasteiger partial charge in [-0.2, -0.15) is 0 Å².